The van der Waals surface area contributed by atoms with Gasteiger partial charge in [-0.15, -0.1) is 0 Å². The normalized spacial score (nSPS) is 11.3. The lowest BCUT2D eigenvalue weighted by Gasteiger charge is -2.23. The first-order valence-electron chi connectivity index (χ1n) is 9.43. The molecule has 0 aliphatic heterocycles. The minimum absolute atomic E-state index is 0.0239. The maximum absolute atomic E-state index is 13.4. The van der Waals surface area contributed by atoms with Crippen LogP contribution in [0.1, 0.15) is 21.5 Å². The lowest BCUT2D eigenvalue weighted by atomic mass is 10.2. The molecule has 0 aromatic heterocycles. The SMILES string of the molecule is COc1ccc(CN(Cc2ccc(OC)cc2)S(=O)(=O)c2ccc(C(=O)O)cc2)cc1. The number of rotatable bonds is 9. The van der Waals surface area contributed by atoms with E-state index in [-0.39, 0.29) is 23.5 Å². The molecule has 0 fully saturated rings. The van der Waals surface area contributed by atoms with Crippen LogP contribution < -0.4 is 9.47 Å². The van der Waals surface area contributed by atoms with E-state index in [1.807, 2.05) is 24.3 Å². The van der Waals surface area contributed by atoms with E-state index >= 15 is 0 Å². The maximum Gasteiger partial charge on any atom is 0.335 e. The van der Waals surface area contributed by atoms with Gasteiger partial charge >= 0.3 is 5.97 Å². The van der Waals surface area contributed by atoms with E-state index < -0.39 is 16.0 Å². The average Bonchev–Trinajstić information content (AvgIpc) is 2.79. The van der Waals surface area contributed by atoms with Gasteiger partial charge in [-0.3, -0.25) is 0 Å². The number of aromatic carboxylic acids is 1. The summed E-state index contributed by atoms with van der Waals surface area (Å²) in [6.45, 7) is 0.276. The van der Waals surface area contributed by atoms with Gasteiger partial charge in [-0.05, 0) is 59.7 Å². The second-order valence-electron chi connectivity index (χ2n) is 6.80. The molecule has 0 unspecified atom stereocenters. The van der Waals surface area contributed by atoms with Crippen LogP contribution in [0.5, 0.6) is 11.5 Å². The molecule has 1 N–H and O–H groups in total. The molecule has 0 amide bonds. The number of nitrogens with zero attached hydrogens (tertiary/aromatic N) is 1. The number of sulfonamides is 1. The molecule has 3 aromatic carbocycles. The molecule has 162 valence electrons. The van der Waals surface area contributed by atoms with Crippen molar-refractivity contribution in [1.29, 1.82) is 0 Å². The summed E-state index contributed by atoms with van der Waals surface area (Å²) in [7, 11) is -0.762. The first-order chi connectivity index (χ1) is 14.8. The van der Waals surface area contributed by atoms with Crippen LogP contribution in [-0.4, -0.2) is 38.0 Å². The Bertz CT molecular complexity index is 1070. The first kappa shape index (κ1) is 22.3. The third-order valence-corrected chi connectivity index (χ3v) is 6.58. The first-order valence-corrected chi connectivity index (χ1v) is 10.9. The second-order valence-corrected chi connectivity index (χ2v) is 8.74. The number of ether oxygens (including phenoxy) is 2. The predicted molar refractivity (Wildman–Crippen MR) is 116 cm³/mol. The van der Waals surface area contributed by atoms with Gasteiger partial charge in [0, 0.05) is 13.1 Å². The Kier molecular flexibility index (Phi) is 6.94. The Morgan fingerprint density at radius 3 is 1.55 bits per heavy atom. The van der Waals surface area contributed by atoms with Gasteiger partial charge in [0.1, 0.15) is 11.5 Å². The van der Waals surface area contributed by atoms with E-state index in [0.717, 1.165) is 11.1 Å². The van der Waals surface area contributed by atoms with E-state index in [9.17, 15) is 13.2 Å². The number of benzene rings is 3. The monoisotopic (exact) mass is 441 g/mol. The maximum atomic E-state index is 13.4. The number of hydrogen-bond donors (Lipinski definition) is 1. The van der Waals surface area contributed by atoms with Gasteiger partial charge in [0.25, 0.3) is 0 Å². The Morgan fingerprint density at radius 2 is 1.19 bits per heavy atom. The Hall–Kier alpha value is -3.36. The van der Waals surface area contributed by atoms with Gasteiger partial charge in [-0.1, -0.05) is 24.3 Å². The quantitative estimate of drug-likeness (QED) is 0.543. The summed E-state index contributed by atoms with van der Waals surface area (Å²) in [5.41, 5.74) is 1.61. The molecule has 3 rings (SSSR count). The van der Waals surface area contributed by atoms with Crippen molar-refractivity contribution in [2.75, 3.05) is 14.2 Å². The van der Waals surface area contributed by atoms with Crippen LogP contribution in [0.2, 0.25) is 0 Å². The van der Waals surface area contributed by atoms with Crippen LogP contribution in [0.4, 0.5) is 0 Å². The largest absolute Gasteiger partial charge is 0.497 e. The summed E-state index contributed by atoms with van der Waals surface area (Å²) in [6, 6.07) is 19.5. The molecule has 0 bridgehead atoms. The molecule has 0 radical (unpaired) electrons. The van der Waals surface area contributed by atoms with Gasteiger partial charge in [0.05, 0.1) is 24.7 Å². The summed E-state index contributed by atoms with van der Waals surface area (Å²) in [5, 5.41) is 9.08. The zero-order valence-electron chi connectivity index (χ0n) is 17.2. The highest BCUT2D eigenvalue weighted by molar-refractivity contribution is 7.89. The van der Waals surface area contributed by atoms with Crippen molar-refractivity contribution in [2.45, 2.75) is 18.0 Å². The van der Waals surface area contributed by atoms with Crippen molar-refractivity contribution in [2.24, 2.45) is 0 Å². The third kappa shape index (κ3) is 5.42. The van der Waals surface area contributed by atoms with Crippen molar-refractivity contribution < 1.29 is 27.8 Å². The molecule has 0 saturated carbocycles. The second kappa shape index (κ2) is 9.63. The van der Waals surface area contributed by atoms with Crippen LogP contribution >= 0.6 is 0 Å². The molecule has 0 spiro atoms. The minimum Gasteiger partial charge on any atom is -0.497 e. The summed E-state index contributed by atoms with van der Waals surface area (Å²) < 4.78 is 38.5. The lowest BCUT2D eigenvalue weighted by molar-refractivity contribution is 0.0696. The Morgan fingerprint density at radius 1 is 0.774 bits per heavy atom. The van der Waals surface area contributed by atoms with Gasteiger partial charge in [0.15, 0.2) is 0 Å². The molecule has 7 nitrogen and oxygen atoms in total. The number of carboxylic acid groups (broad SMARTS) is 1. The van der Waals surface area contributed by atoms with E-state index in [1.165, 1.54) is 28.6 Å². The van der Waals surface area contributed by atoms with Gasteiger partial charge in [-0.2, -0.15) is 4.31 Å². The van der Waals surface area contributed by atoms with Crippen LogP contribution in [0.25, 0.3) is 0 Å². The Labute approximate surface area is 181 Å². The molecule has 0 heterocycles. The summed E-state index contributed by atoms with van der Waals surface area (Å²) >= 11 is 0. The van der Waals surface area contributed by atoms with Crippen molar-refractivity contribution in [3.05, 3.63) is 89.5 Å². The van der Waals surface area contributed by atoms with Crippen molar-refractivity contribution in [3.63, 3.8) is 0 Å². The number of carboxylic acids is 1. The molecule has 0 saturated heterocycles. The fourth-order valence-electron chi connectivity index (χ4n) is 3.01. The zero-order chi connectivity index (χ0) is 22.4. The van der Waals surface area contributed by atoms with Crippen LogP contribution in [0.15, 0.2) is 77.7 Å². The molecule has 0 aliphatic rings. The standard InChI is InChI=1S/C23H23NO6S/c1-29-20-9-3-17(4-10-20)15-24(16-18-5-11-21(30-2)12-6-18)31(27,28)22-13-7-19(8-14-22)23(25)26/h3-14H,15-16H2,1-2H3,(H,25,26). The predicted octanol–water partition coefficient (Wildman–Crippen LogP) is 3.79. The zero-order valence-corrected chi connectivity index (χ0v) is 18.0. The molecular formula is C23H23NO6S. The molecule has 0 aliphatic carbocycles. The van der Waals surface area contributed by atoms with Crippen LogP contribution in [-0.2, 0) is 23.1 Å². The highest BCUT2D eigenvalue weighted by Gasteiger charge is 2.25. The molecular weight excluding hydrogens is 418 g/mol. The minimum atomic E-state index is -3.89. The van der Waals surface area contributed by atoms with Gasteiger partial charge in [0.2, 0.25) is 10.0 Å². The highest BCUT2D eigenvalue weighted by atomic mass is 32.2. The van der Waals surface area contributed by atoms with E-state index in [4.69, 9.17) is 14.6 Å². The fourth-order valence-corrected chi connectivity index (χ4v) is 4.43. The summed E-state index contributed by atoms with van der Waals surface area (Å²) in [4.78, 5) is 11.1. The number of carbonyl (C=O) groups is 1. The van der Waals surface area contributed by atoms with Crippen molar-refractivity contribution in [1.82, 2.24) is 4.31 Å². The topological polar surface area (TPSA) is 93.1 Å². The molecule has 0 atom stereocenters. The van der Waals surface area contributed by atoms with Crippen molar-refractivity contribution >= 4 is 16.0 Å². The fraction of sp³-hybridized carbons (Fsp3) is 0.174. The molecule has 3 aromatic rings. The van der Waals surface area contributed by atoms with E-state index in [0.29, 0.717) is 11.5 Å². The number of hydrogen-bond acceptors (Lipinski definition) is 5. The molecule has 8 heteroatoms. The summed E-state index contributed by atoms with van der Waals surface area (Å²) in [5.74, 6) is 0.243. The Balaban J connectivity index is 1.94. The average molecular weight is 442 g/mol. The summed E-state index contributed by atoms with van der Waals surface area (Å²) in [6.07, 6.45) is 0. The number of methoxy groups -OCH3 is 2. The van der Waals surface area contributed by atoms with E-state index in [1.54, 1.807) is 38.5 Å². The lowest BCUT2D eigenvalue weighted by Crippen LogP contribution is -2.30. The highest BCUT2D eigenvalue weighted by Crippen LogP contribution is 2.23. The van der Waals surface area contributed by atoms with Crippen molar-refractivity contribution in [3.8, 4) is 11.5 Å². The molecule has 31 heavy (non-hydrogen) atoms. The van der Waals surface area contributed by atoms with Gasteiger partial charge < -0.3 is 14.6 Å². The smallest absolute Gasteiger partial charge is 0.335 e. The van der Waals surface area contributed by atoms with Crippen LogP contribution in [0, 0.1) is 0 Å². The van der Waals surface area contributed by atoms with E-state index in [2.05, 4.69) is 0 Å². The van der Waals surface area contributed by atoms with Gasteiger partial charge in [-0.25, -0.2) is 13.2 Å². The third-order valence-electron chi connectivity index (χ3n) is 4.78. The van der Waals surface area contributed by atoms with Crippen LogP contribution in [0.3, 0.4) is 0 Å².